The molecule has 0 saturated carbocycles. The number of nitrogens with two attached hydrogens (primary N) is 1. The highest BCUT2D eigenvalue weighted by Gasteiger charge is 2.35. The number of hydrogen-bond acceptors (Lipinski definition) is 3. The highest BCUT2D eigenvalue weighted by molar-refractivity contribution is 5.91. The van der Waals surface area contributed by atoms with Crippen molar-refractivity contribution in [2.75, 3.05) is 0 Å². The zero-order chi connectivity index (χ0) is 15.3. The van der Waals surface area contributed by atoms with Crippen molar-refractivity contribution in [2.45, 2.75) is 38.8 Å². The minimum Gasteiger partial charge on any atom is -0.392 e. The highest BCUT2D eigenvalue weighted by atomic mass is 16.3. The fourth-order valence-corrected chi connectivity index (χ4v) is 1.80. The molecule has 0 spiro atoms. The number of nitrogens with one attached hydrogen (secondary N) is 1. The molecule has 110 valence electrons. The fraction of sp³-hybridized carbons (Fsp3) is 0.467. The molecule has 1 aromatic rings. The van der Waals surface area contributed by atoms with Gasteiger partial charge in [0.2, 0.25) is 11.8 Å². The molecule has 5 nitrogen and oxygen atoms in total. The lowest BCUT2D eigenvalue weighted by Crippen LogP contribution is -2.53. The third-order valence-electron chi connectivity index (χ3n) is 3.40. The topological polar surface area (TPSA) is 92.4 Å². The lowest BCUT2D eigenvalue weighted by atomic mass is 9.90. The second-order valence-corrected chi connectivity index (χ2v) is 5.42. The van der Waals surface area contributed by atoms with Crippen LogP contribution in [0, 0.1) is 5.92 Å². The van der Waals surface area contributed by atoms with Crippen molar-refractivity contribution in [2.24, 2.45) is 11.7 Å². The van der Waals surface area contributed by atoms with Crippen molar-refractivity contribution < 1.29 is 14.7 Å². The van der Waals surface area contributed by atoms with Crippen LogP contribution in [0.2, 0.25) is 0 Å². The van der Waals surface area contributed by atoms with Gasteiger partial charge in [-0.3, -0.25) is 9.59 Å². The largest absolute Gasteiger partial charge is 0.392 e. The Bertz CT molecular complexity index is 473. The van der Waals surface area contributed by atoms with Gasteiger partial charge in [-0.1, -0.05) is 44.2 Å². The summed E-state index contributed by atoms with van der Waals surface area (Å²) >= 11 is 0. The maximum Gasteiger partial charge on any atom is 0.247 e. The molecule has 0 aromatic heterocycles. The average Bonchev–Trinajstić information content (AvgIpc) is 2.38. The second kappa shape index (κ2) is 6.52. The Morgan fingerprint density at radius 2 is 1.85 bits per heavy atom. The molecule has 1 aromatic carbocycles. The first-order valence-corrected chi connectivity index (χ1v) is 6.62. The zero-order valence-electron chi connectivity index (χ0n) is 12.1. The van der Waals surface area contributed by atoms with E-state index in [2.05, 4.69) is 5.32 Å². The molecule has 0 heterocycles. The number of rotatable bonds is 6. The number of benzene rings is 1. The molecule has 2 amide bonds. The molecule has 4 N–H and O–H groups in total. The first-order valence-electron chi connectivity index (χ1n) is 6.62. The van der Waals surface area contributed by atoms with Gasteiger partial charge in [0.15, 0.2) is 0 Å². The number of aliphatic hydroxyl groups is 1. The van der Waals surface area contributed by atoms with E-state index >= 15 is 0 Å². The monoisotopic (exact) mass is 278 g/mol. The molecular weight excluding hydrogens is 256 g/mol. The average molecular weight is 278 g/mol. The van der Waals surface area contributed by atoms with E-state index in [-0.39, 0.29) is 12.3 Å². The molecule has 5 heteroatoms. The van der Waals surface area contributed by atoms with Gasteiger partial charge in [-0.25, -0.2) is 0 Å². The summed E-state index contributed by atoms with van der Waals surface area (Å²) in [4.78, 5) is 23.7. The number of primary amides is 1. The van der Waals surface area contributed by atoms with Crippen LogP contribution >= 0.6 is 0 Å². The summed E-state index contributed by atoms with van der Waals surface area (Å²) < 4.78 is 0. The van der Waals surface area contributed by atoms with E-state index in [9.17, 15) is 14.7 Å². The van der Waals surface area contributed by atoms with Crippen LogP contribution in [0.1, 0.15) is 32.8 Å². The Kier molecular flexibility index (Phi) is 5.27. The summed E-state index contributed by atoms with van der Waals surface area (Å²) in [5.41, 5.74) is 4.75. The van der Waals surface area contributed by atoms with Crippen LogP contribution in [0.3, 0.4) is 0 Å². The second-order valence-electron chi connectivity index (χ2n) is 5.42. The summed E-state index contributed by atoms with van der Waals surface area (Å²) in [7, 11) is 0. The highest BCUT2D eigenvalue weighted by Crippen LogP contribution is 2.20. The normalized spacial score (nSPS) is 15.4. The number of carbonyl (C=O) groups excluding carboxylic acids is 2. The number of amides is 2. The standard InChI is InChI=1S/C15H22N2O3/c1-10(2)12(18)9-13(19)17-15(3,14(16)20)11-7-5-4-6-8-11/h4-8,10,12,18H,9H2,1-3H3,(H2,16,20)(H,17,19). The van der Waals surface area contributed by atoms with Gasteiger partial charge in [-0.15, -0.1) is 0 Å². The minimum atomic E-state index is -1.28. The van der Waals surface area contributed by atoms with Crippen LogP contribution in [0.5, 0.6) is 0 Å². The first-order chi connectivity index (χ1) is 9.27. The van der Waals surface area contributed by atoms with Crippen molar-refractivity contribution in [3.8, 4) is 0 Å². The van der Waals surface area contributed by atoms with Crippen molar-refractivity contribution in [3.05, 3.63) is 35.9 Å². The molecule has 0 aliphatic carbocycles. The van der Waals surface area contributed by atoms with Crippen molar-refractivity contribution in [1.82, 2.24) is 5.32 Å². The summed E-state index contributed by atoms with van der Waals surface area (Å²) in [6, 6.07) is 8.81. The molecular formula is C15H22N2O3. The Morgan fingerprint density at radius 3 is 2.30 bits per heavy atom. The number of carbonyl (C=O) groups is 2. The fourth-order valence-electron chi connectivity index (χ4n) is 1.80. The molecule has 0 bridgehead atoms. The van der Waals surface area contributed by atoms with Gasteiger partial charge >= 0.3 is 0 Å². The van der Waals surface area contributed by atoms with E-state index in [1.807, 2.05) is 19.9 Å². The summed E-state index contributed by atoms with van der Waals surface area (Å²) in [5.74, 6) is -1.08. The predicted octanol–water partition coefficient (Wildman–Crippen LogP) is 0.910. The van der Waals surface area contributed by atoms with Crippen LogP contribution in [0.25, 0.3) is 0 Å². The van der Waals surface area contributed by atoms with Crippen LogP contribution in [0.4, 0.5) is 0 Å². The van der Waals surface area contributed by atoms with Crippen molar-refractivity contribution >= 4 is 11.8 Å². The molecule has 2 atom stereocenters. The SMILES string of the molecule is CC(C)C(O)CC(=O)NC(C)(C(N)=O)c1ccccc1. The first kappa shape index (κ1) is 16.2. The minimum absolute atomic E-state index is 0.0303. The van der Waals surface area contributed by atoms with Gasteiger partial charge in [-0.2, -0.15) is 0 Å². The zero-order valence-corrected chi connectivity index (χ0v) is 12.1. The van der Waals surface area contributed by atoms with Gasteiger partial charge in [0.1, 0.15) is 5.54 Å². The molecule has 0 saturated heterocycles. The van der Waals surface area contributed by atoms with E-state index in [0.29, 0.717) is 5.56 Å². The van der Waals surface area contributed by atoms with E-state index < -0.39 is 23.5 Å². The van der Waals surface area contributed by atoms with Crippen LogP contribution in [-0.4, -0.2) is 23.0 Å². The Labute approximate surface area is 119 Å². The molecule has 0 aliphatic heterocycles. The van der Waals surface area contributed by atoms with Gasteiger partial charge in [0, 0.05) is 0 Å². The Morgan fingerprint density at radius 1 is 1.30 bits per heavy atom. The summed E-state index contributed by atoms with van der Waals surface area (Å²) in [6.45, 7) is 5.20. The van der Waals surface area contributed by atoms with Crippen LogP contribution in [-0.2, 0) is 15.1 Å². The lowest BCUT2D eigenvalue weighted by molar-refractivity contribution is -0.132. The van der Waals surface area contributed by atoms with Crippen LogP contribution in [0.15, 0.2) is 30.3 Å². The maximum absolute atomic E-state index is 12.0. The third kappa shape index (κ3) is 3.81. The van der Waals surface area contributed by atoms with Gasteiger partial charge in [0.05, 0.1) is 12.5 Å². The van der Waals surface area contributed by atoms with E-state index in [0.717, 1.165) is 0 Å². The number of aliphatic hydroxyl groups excluding tert-OH is 1. The quantitative estimate of drug-likeness (QED) is 0.722. The molecule has 20 heavy (non-hydrogen) atoms. The molecule has 0 aliphatic rings. The van der Waals surface area contributed by atoms with Gasteiger partial charge in [0.25, 0.3) is 0 Å². The summed E-state index contributed by atoms with van der Waals surface area (Å²) in [6.07, 6.45) is -0.809. The van der Waals surface area contributed by atoms with Crippen LogP contribution < -0.4 is 11.1 Å². The lowest BCUT2D eigenvalue weighted by Gasteiger charge is -2.28. The van der Waals surface area contributed by atoms with Crippen molar-refractivity contribution in [3.63, 3.8) is 0 Å². The van der Waals surface area contributed by atoms with E-state index in [4.69, 9.17) is 5.73 Å². The smallest absolute Gasteiger partial charge is 0.247 e. The predicted molar refractivity (Wildman–Crippen MR) is 76.6 cm³/mol. The molecule has 2 unspecified atom stereocenters. The summed E-state index contributed by atoms with van der Waals surface area (Å²) in [5, 5.41) is 12.3. The van der Waals surface area contributed by atoms with Gasteiger partial charge < -0.3 is 16.2 Å². The molecule has 0 fully saturated rings. The van der Waals surface area contributed by atoms with Gasteiger partial charge in [-0.05, 0) is 18.4 Å². The Hall–Kier alpha value is -1.88. The van der Waals surface area contributed by atoms with Crippen molar-refractivity contribution in [1.29, 1.82) is 0 Å². The molecule has 1 rings (SSSR count). The number of hydrogen-bond donors (Lipinski definition) is 3. The Balaban J connectivity index is 2.89. The van der Waals surface area contributed by atoms with E-state index in [1.54, 1.807) is 31.2 Å². The maximum atomic E-state index is 12.0. The molecule has 0 radical (unpaired) electrons. The third-order valence-corrected chi connectivity index (χ3v) is 3.40. The van der Waals surface area contributed by atoms with E-state index in [1.165, 1.54) is 0 Å².